The van der Waals surface area contributed by atoms with Crippen LogP contribution in [0.15, 0.2) is 24.3 Å². The van der Waals surface area contributed by atoms with Crippen molar-refractivity contribution >= 4 is 11.8 Å². The molecule has 0 aromatic heterocycles. The van der Waals surface area contributed by atoms with E-state index in [1.54, 1.807) is 17.0 Å². The van der Waals surface area contributed by atoms with Gasteiger partial charge in [0.2, 0.25) is 11.8 Å². The second-order valence-electron chi connectivity index (χ2n) is 7.45. The summed E-state index contributed by atoms with van der Waals surface area (Å²) in [5.41, 5.74) is 0.480. The number of benzene rings is 1. The van der Waals surface area contributed by atoms with Crippen LogP contribution in [0.2, 0.25) is 0 Å². The molecule has 1 saturated heterocycles. The molecule has 0 unspecified atom stereocenters. The Morgan fingerprint density at radius 2 is 1.58 bits per heavy atom. The predicted octanol–water partition coefficient (Wildman–Crippen LogP) is 2.94. The molecule has 26 heavy (non-hydrogen) atoms. The highest BCUT2D eigenvalue weighted by molar-refractivity contribution is 5.82. The normalized spacial score (nSPS) is 15.3. The molecule has 7 heteroatoms. The Hall–Kier alpha value is -2.18. The van der Waals surface area contributed by atoms with Gasteiger partial charge in [-0.25, -0.2) is 0 Å². The van der Waals surface area contributed by atoms with E-state index in [1.165, 1.54) is 12.1 Å². The molecule has 1 aliphatic heterocycles. The van der Waals surface area contributed by atoms with Gasteiger partial charge in [0, 0.05) is 38.0 Å². The number of carbonyl (C=O) groups excluding carboxylic acids is 2. The fraction of sp³-hybridized carbons (Fsp3) is 0.579. The van der Waals surface area contributed by atoms with Crippen LogP contribution in [-0.4, -0.2) is 54.4 Å². The predicted molar refractivity (Wildman–Crippen MR) is 94.0 cm³/mol. The molecule has 0 N–H and O–H groups in total. The summed E-state index contributed by atoms with van der Waals surface area (Å²) in [4.78, 5) is 28.2. The maximum Gasteiger partial charge on any atom is 0.387 e. The van der Waals surface area contributed by atoms with Crippen molar-refractivity contribution in [3.8, 4) is 5.75 Å². The van der Waals surface area contributed by atoms with Gasteiger partial charge in [0.1, 0.15) is 5.75 Å². The summed E-state index contributed by atoms with van der Waals surface area (Å²) in [5.74, 6) is 0.256. The van der Waals surface area contributed by atoms with Crippen LogP contribution >= 0.6 is 0 Å². The van der Waals surface area contributed by atoms with Crippen molar-refractivity contribution in [1.29, 1.82) is 0 Å². The van der Waals surface area contributed by atoms with Crippen molar-refractivity contribution in [2.45, 2.75) is 40.2 Å². The Morgan fingerprint density at radius 1 is 1.04 bits per heavy atom. The molecule has 5 nitrogen and oxygen atoms in total. The topological polar surface area (TPSA) is 49.9 Å². The third-order valence-corrected chi connectivity index (χ3v) is 4.34. The number of ether oxygens (including phenoxy) is 1. The summed E-state index contributed by atoms with van der Waals surface area (Å²) in [6, 6.07) is 6.32. The third kappa shape index (κ3) is 5.68. The highest BCUT2D eigenvalue weighted by Gasteiger charge is 2.30. The largest absolute Gasteiger partial charge is 0.435 e. The number of piperazine rings is 1. The number of carbonyl (C=O) groups is 2. The molecular formula is C19H26F2N2O3. The summed E-state index contributed by atoms with van der Waals surface area (Å²) < 4.78 is 28.6. The second kappa shape index (κ2) is 8.47. The van der Waals surface area contributed by atoms with Crippen LogP contribution in [0, 0.1) is 5.41 Å². The lowest BCUT2D eigenvalue weighted by Gasteiger charge is -2.37. The lowest BCUT2D eigenvalue weighted by molar-refractivity contribution is -0.144. The van der Waals surface area contributed by atoms with Crippen molar-refractivity contribution in [1.82, 2.24) is 9.80 Å². The van der Waals surface area contributed by atoms with Crippen LogP contribution in [-0.2, 0) is 16.0 Å². The number of nitrogens with zero attached hydrogens (tertiary/aromatic N) is 2. The van der Waals surface area contributed by atoms with Gasteiger partial charge in [0.15, 0.2) is 0 Å². The van der Waals surface area contributed by atoms with Crippen LogP contribution in [0.5, 0.6) is 5.75 Å². The average molecular weight is 368 g/mol. The van der Waals surface area contributed by atoms with E-state index >= 15 is 0 Å². The Labute approximate surface area is 152 Å². The smallest absolute Gasteiger partial charge is 0.387 e. The molecule has 1 fully saturated rings. The van der Waals surface area contributed by atoms with Crippen LogP contribution in [0.1, 0.15) is 32.8 Å². The van der Waals surface area contributed by atoms with Gasteiger partial charge in [0.05, 0.1) is 0 Å². The zero-order valence-electron chi connectivity index (χ0n) is 15.5. The van der Waals surface area contributed by atoms with E-state index in [-0.39, 0.29) is 17.6 Å². The first kappa shape index (κ1) is 20.1. The summed E-state index contributed by atoms with van der Waals surface area (Å²) in [7, 11) is 0. The molecule has 144 valence electrons. The highest BCUT2D eigenvalue weighted by Crippen LogP contribution is 2.19. The molecule has 0 atom stereocenters. The van der Waals surface area contributed by atoms with Crippen molar-refractivity contribution in [3.63, 3.8) is 0 Å². The number of hydrogen-bond donors (Lipinski definition) is 0. The standard InChI is InChI=1S/C19H26F2N2O3/c1-19(2,3)17(25)23-12-10-22(11-13-23)16(24)9-6-14-4-7-15(8-5-14)26-18(20)21/h4-5,7-8,18H,6,9-13H2,1-3H3. The molecular weight excluding hydrogens is 342 g/mol. The number of rotatable bonds is 5. The molecule has 1 aliphatic rings. The van der Waals surface area contributed by atoms with Gasteiger partial charge in [0.25, 0.3) is 0 Å². The van der Waals surface area contributed by atoms with Gasteiger partial charge >= 0.3 is 6.61 Å². The van der Waals surface area contributed by atoms with Crippen LogP contribution < -0.4 is 4.74 Å². The SMILES string of the molecule is CC(C)(C)C(=O)N1CCN(C(=O)CCc2ccc(OC(F)F)cc2)CC1. The van der Waals surface area contributed by atoms with Gasteiger partial charge in [-0.3, -0.25) is 9.59 Å². The third-order valence-electron chi connectivity index (χ3n) is 4.34. The molecule has 0 radical (unpaired) electrons. The summed E-state index contributed by atoms with van der Waals surface area (Å²) in [6.07, 6.45) is 0.886. The fourth-order valence-electron chi connectivity index (χ4n) is 2.88. The quantitative estimate of drug-likeness (QED) is 0.803. The first-order valence-corrected chi connectivity index (χ1v) is 8.78. The lowest BCUT2D eigenvalue weighted by atomic mass is 9.94. The number of halogens is 2. The van der Waals surface area contributed by atoms with Crippen molar-refractivity contribution in [3.05, 3.63) is 29.8 Å². The van der Waals surface area contributed by atoms with E-state index in [9.17, 15) is 18.4 Å². The highest BCUT2D eigenvalue weighted by atomic mass is 19.3. The minimum atomic E-state index is -2.84. The van der Waals surface area contributed by atoms with Gasteiger partial charge in [-0.05, 0) is 24.1 Å². The van der Waals surface area contributed by atoms with Crippen molar-refractivity contribution in [2.75, 3.05) is 26.2 Å². The van der Waals surface area contributed by atoms with E-state index < -0.39 is 12.0 Å². The van der Waals surface area contributed by atoms with E-state index in [0.29, 0.717) is 39.0 Å². The summed E-state index contributed by atoms with van der Waals surface area (Å²) in [6.45, 7) is 5.04. The van der Waals surface area contributed by atoms with E-state index in [2.05, 4.69) is 4.74 Å². The summed E-state index contributed by atoms with van der Waals surface area (Å²) in [5, 5.41) is 0. The Morgan fingerprint density at radius 3 is 2.08 bits per heavy atom. The molecule has 0 aliphatic carbocycles. The average Bonchev–Trinajstić information content (AvgIpc) is 2.59. The van der Waals surface area contributed by atoms with Crippen LogP contribution in [0.4, 0.5) is 8.78 Å². The molecule has 1 aromatic rings. The molecule has 2 rings (SSSR count). The monoisotopic (exact) mass is 368 g/mol. The first-order valence-electron chi connectivity index (χ1n) is 8.78. The lowest BCUT2D eigenvalue weighted by Crippen LogP contribution is -2.53. The Bertz CT molecular complexity index is 619. The number of amides is 2. The van der Waals surface area contributed by atoms with Gasteiger partial charge in [-0.15, -0.1) is 0 Å². The molecule has 1 aromatic carbocycles. The zero-order valence-corrected chi connectivity index (χ0v) is 15.5. The van der Waals surface area contributed by atoms with Gasteiger partial charge < -0.3 is 14.5 Å². The maximum atomic E-state index is 12.4. The molecule has 0 bridgehead atoms. The minimum Gasteiger partial charge on any atom is -0.435 e. The number of aryl methyl sites for hydroxylation is 1. The second-order valence-corrected chi connectivity index (χ2v) is 7.45. The minimum absolute atomic E-state index is 0.0424. The van der Waals surface area contributed by atoms with E-state index in [4.69, 9.17) is 0 Å². The first-order chi connectivity index (χ1) is 12.2. The van der Waals surface area contributed by atoms with E-state index in [0.717, 1.165) is 5.56 Å². The maximum absolute atomic E-state index is 12.4. The molecule has 0 saturated carbocycles. The van der Waals surface area contributed by atoms with E-state index in [1.807, 2.05) is 25.7 Å². The fourth-order valence-corrected chi connectivity index (χ4v) is 2.88. The van der Waals surface area contributed by atoms with Crippen molar-refractivity contribution < 1.29 is 23.1 Å². The molecule has 2 amide bonds. The molecule has 1 heterocycles. The number of alkyl halides is 2. The van der Waals surface area contributed by atoms with Crippen molar-refractivity contribution in [2.24, 2.45) is 5.41 Å². The zero-order chi connectivity index (χ0) is 19.3. The van der Waals surface area contributed by atoms with Gasteiger partial charge in [-0.2, -0.15) is 8.78 Å². The Kier molecular flexibility index (Phi) is 6.56. The van der Waals surface area contributed by atoms with Gasteiger partial charge in [-0.1, -0.05) is 32.9 Å². The summed E-state index contributed by atoms with van der Waals surface area (Å²) >= 11 is 0. The molecule has 0 spiro atoms. The van der Waals surface area contributed by atoms with Crippen LogP contribution in [0.25, 0.3) is 0 Å². The van der Waals surface area contributed by atoms with Crippen LogP contribution in [0.3, 0.4) is 0 Å². The Balaban J connectivity index is 1.78. The number of hydrogen-bond acceptors (Lipinski definition) is 3.